The van der Waals surface area contributed by atoms with Crippen LogP contribution in [0.1, 0.15) is 29.6 Å². The van der Waals surface area contributed by atoms with Gasteiger partial charge in [0.1, 0.15) is 0 Å². The highest BCUT2D eigenvalue weighted by atomic mass is 32.2. The van der Waals surface area contributed by atoms with Gasteiger partial charge in [0, 0.05) is 56.4 Å². The normalized spacial score (nSPS) is 25.9. The third kappa shape index (κ3) is 3.87. The third-order valence-corrected chi connectivity index (χ3v) is 7.58. The maximum atomic E-state index is 12.8. The van der Waals surface area contributed by atoms with E-state index >= 15 is 0 Å². The van der Waals surface area contributed by atoms with Gasteiger partial charge in [-0.15, -0.1) is 0 Å². The molecule has 3 aliphatic rings. The summed E-state index contributed by atoms with van der Waals surface area (Å²) >= 11 is 0. The van der Waals surface area contributed by atoms with Crippen LogP contribution in [0.5, 0.6) is 0 Å². The molecule has 0 aliphatic carbocycles. The van der Waals surface area contributed by atoms with Gasteiger partial charge in [-0.2, -0.15) is 0 Å². The van der Waals surface area contributed by atoms with Crippen LogP contribution in [-0.4, -0.2) is 80.3 Å². The van der Waals surface area contributed by atoms with E-state index in [4.69, 9.17) is 0 Å². The van der Waals surface area contributed by atoms with Crippen LogP contribution in [0, 0.1) is 0 Å². The zero-order chi connectivity index (χ0) is 19.0. The highest BCUT2D eigenvalue weighted by Crippen LogP contribution is 2.23. The first-order valence-corrected chi connectivity index (χ1v) is 11.4. The van der Waals surface area contributed by atoms with Gasteiger partial charge in [-0.05, 0) is 37.1 Å². The first-order valence-electron chi connectivity index (χ1n) is 9.57. The highest BCUT2D eigenvalue weighted by molar-refractivity contribution is 7.91. The summed E-state index contributed by atoms with van der Waals surface area (Å²) in [5, 5.41) is 0. The lowest BCUT2D eigenvalue weighted by molar-refractivity contribution is -0.117. The minimum Gasteiger partial charge on any atom is -0.336 e. The molecule has 146 valence electrons. The average Bonchev–Trinajstić information content (AvgIpc) is 3.26. The smallest absolute Gasteiger partial charge is 0.253 e. The van der Waals surface area contributed by atoms with E-state index < -0.39 is 9.84 Å². The molecule has 2 amide bonds. The third-order valence-electron chi connectivity index (χ3n) is 5.83. The lowest BCUT2D eigenvalue weighted by Gasteiger charge is -2.37. The molecule has 1 aromatic rings. The zero-order valence-corrected chi connectivity index (χ0v) is 16.2. The fourth-order valence-corrected chi connectivity index (χ4v) is 6.00. The summed E-state index contributed by atoms with van der Waals surface area (Å²) in [7, 11) is -2.88. The Bertz CT molecular complexity index is 829. The van der Waals surface area contributed by atoms with Crippen LogP contribution in [0.4, 0.5) is 5.69 Å². The molecule has 0 aromatic heterocycles. The second-order valence-corrected chi connectivity index (χ2v) is 9.81. The average molecular weight is 391 g/mol. The van der Waals surface area contributed by atoms with E-state index in [9.17, 15) is 18.0 Å². The number of benzene rings is 1. The molecule has 0 saturated carbocycles. The molecule has 0 N–H and O–H groups in total. The molecule has 0 spiro atoms. The lowest BCUT2D eigenvalue weighted by atomic mass is 10.1. The van der Waals surface area contributed by atoms with Gasteiger partial charge >= 0.3 is 0 Å². The number of carbonyl (C=O) groups is 2. The van der Waals surface area contributed by atoms with E-state index in [1.54, 1.807) is 17.0 Å². The highest BCUT2D eigenvalue weighted by Gasteiger charge is 2.34. The Hall–Kier alpha value is -1.93. The molecule has 3 fully saturated rings. The molecular formula is C19H25N3O4S. The van der Waals surface area contributed by atoms with Crippen LogP contribution in [0.3, 0.4) is 0 Å². The van der Waals surface area contributed by atoms with Crippen molar-refractivity contribution in [3.05, 3.63) is 29.8 Å². The Balaban J connectivity index is 1.34. The fourth-order valence-electron chi connectivity index (χ4n) is 4.24. The number of hydrogen-bond donors (Lipinski definition) is 0. The summed E-state index contributed by atoms with van der Waals surface area (Å²) in [4.78, 5) is 30.4. The van der Waals surface area contributed by atoms with E-state index in [1.807, 2.05) is 17.0 Å². The van der Waals surface area contributed by atoms with Crippen LogP contribution < -0.4 is 4.90 Å². The lowest BCUT2D eigenvalue weighted by Crippen LogP contribution is -2.52. The maximum Gasteiger partial charge on any atom is 0.253 e. The van der Waals surface area contributed by atoms with E-state index in [0.717, 1.165) is 18.7 Å². The van der Waals surface area contributed by atoms with Crippen molar-refractivity contribution in [1.82, 2.24) is 9.80 Å². The molecule has 0 unspecified atom stereocenters. The summed E-state index contributed by atoms with van der Waals surface area (Å²) in [5.41, 5.74) is 1.48. The molecular weight excluding hydrogens is 366 g/mol. The minimum atomic E-state index is -2.88. The van der Waals surface area contributed by atoms with Crippen LogP contribution >= 0.6 is 0 Å². The van der Waals surface area contributed by atoms with Crippen molar-refractivity contribution < 1.29 is 18.0 Å². The first-order chi connectivity index (χ1) is 12.9. The van der Waals surface area contributed by atoms with Crippen molar-refractivity contribution in [3.63, 3.8) is 0 Å². The summed E-state index contributed by atoms with van der Waals surface area (Å²) in [6.45, 7) is 3.40. The molecule has 0 bridgehead atoms. The Labute approximate surface area is 159 Å². The van der Waals surface area contributed by atoms with Crippen molar-refractivity contribution >= 4 is 27.3 Å². The SMILES string of the molecule is O=C(c1ccc(N2CCCC2=O)cc1)N1CCN([C@H]2CCS(=O)(=O)C2)CC1. The Morgan fingerprint density at radius 1 is 1.00 bits per heavy atom. The first kappa shape index (κ1) is 18.4. The van der Waals surface area contributed by atoms with E-state index in [1.165, 1.54) is 0 Å². The minimum absolute atomic E-state index is 0.00649. The quantitative estimate of drug-likeness (QED) is 0.760. The van der Waals surface area contributed by atoms with Crippen LogP contribution in [0.25, 0.3) is 0 Å². The summed E-state index contributed by atoms with van der Waals surface area (Å²) in [5.74, 6) is 0.660. The second kappa shape index (κ2) is 7.24. The van der Waals surface area contributed by atoms with Crippen molar-refractivity contribution in [2.75, 3.05) is 49.1 Å². The van der Waals surface area contributed by atoms with Gasteiger partial charge in [-0.3, -0.25) is 14.5 Å². The Morgan fingerprint density at radius 2 is 1.70 bits per heavy atom. The monoisotopic (exact) mass is 391 g/mol. The molecule has 3 saturated heterocycles. The molecule has 1 atom stereocenters. The number of amides is 2. The number of rotatable bonds is 3. The summed E-state index contributed by atoms with van der Waals surface area (Å²) in [6.07, 6.45) is 2.17. The van der Waals surface area contributed by atoms with Crippen LogP contribution in [0.2, 0.25) is 0 Å². The van der Waals surface area contributed by atoms with Gasteiger partial charge in [0.2, 0.25) is 5.91 Å². The van der Waals surface area contributed by atoms with Gasteiger partial charge in [0.05, 0.1) is 11.5 Å². The van der Waals surface area contributed by atoms with Gasteiger partial charge in [0.15, 0.2) is 9.84 Å². The molecule has 4 rings (SSSR count). The molecule has 8 heteroatoms. The zero-order valence-electron chi connectivity index (χ0n) is 15.3. The summed E-state index contributed by atoms with van der Waals surface area (Å²) in [6, 6.07) is 7.37. The second-order valence-electron chi connectivity index (χ2n) is 7.58. The van der Waals surface area contributed by atoms with Crippen LogP contribution in [-0.2, 0) is 14.6 Å². The largest absolute Gasteiger partial charge is 0.336 e. The number of sulfone groups is 1. The molecule has 27 heavy (non-hydrogen) atoms. The molecule has 0 radical (unpaired) electrons. The topological polar surface area (TPSA) is 78.0 Å². The number of piperazine rings is 1. The van der Waals surface area contributed by atoms with Crippen LogP contribution in [0.15, 0.2) is 24.3 Å². The molecule has 3 aliphatic heterocycles. The van der Waals surface area contributed by atoms with E-state index in [0.29, 0.717) is 44.6 Å². The molecule has 7 nitrogen and oxygen atoms in total. The number of carbonyl (C=O) groups excluding carboxylic acids is 2. The number of nitrogens with zero attached hydrogens (tertiary/aromatic N) is 3. The van der Waals surface area contributed by atoms with Gasteiger partial charge in [-0.25, -0.2) is 8.42 Å². The van der Waals surface area contributed by atoms with E-state index in [-0.39, 0.29) is 29.4 Å². The number of hydrogen-bond acceptors (Lipinski definition) is 5. The van der Waals surface area contributed by atoms with E-state index in [2.05, 4.69) is 4.90 Å². The Kier molecular flexibility index (Phi) is 4.94. The van der Waals surface area contributed by atoms with Crippen molar-refractivity contribution in [2.24, 2.45) is 0 Å². The summed E-state index contributed by atoms with van der Waals surface area (Å²) < 4.78 is 23.3. The maximum absolute atomic E-state index is 12.8. The van der Waals surface area contributed by atoms with Gasteiger partial charge < -0.3 is 9.80 Å². The Morgan fingerprint density at radius 3 is 2.26 bits per heavy atom. The number of anilines is 1. The fraction of sp³-hybridized carbons (Fsp3) is 0.579. The van der Waals surface area contributed by atoms with Gasteiger partial charge in [0.25, 0.3) is 5.91 Å². The predicted molar refractivity (Wildman–Crippen MR) is 103 cm³/mol. The molecule has 1 aromatic carbocycles. The van der Waals surface area contributed by atoms with Crippen molar-refractivity contribution in [2.45, 2.75) is 25.3 Å². The molecule has 3 heterocycles. The van der Waals surface area contributed by atoms with Crippen molar-refractivity contribution in [1.29, 1.82) is 0 Å². The predicted octanol–water partition coefficient (Wildman–Crippen LogP) is 0.758. The standard InChI is InChI=1S/C19H25N3O4S/c23-18-2-1-8-22(18)16-5-3-15(4-6-16)19(24)21-11-9-20(10-12-21)17-7-13-27(25,26)14-17/h3-6,17H,1-2,7-14H2/t17-/m0/s1. The van der Waals surface area contributed by atoms with Crippen molar-refractivity contribution in [3.8, 4) is 0 Å². The van der Waals surface area contributed by atoms with Gasteiger partial charge in [-0.1, -0.05) is 0 Å².